The normalized spacial score (nSPS) is 21.7. The van der Waals surface area contributed by atoms with E-state index >= 15 is 0 Å². The highest BCUT2D eigenvalue weighted by atomic mass is 35.5. The van der Waals surface area contributed by atoms with Gasteiger partial charge < -0.3 is 15.4 Å². The fourth-order valence-electron chi connectivity index (χ4n) is 4.44. The number of piperidine rings is 1. The van der Waals surface area contributed by atoms with Crippen LogP contribution in [0.4, 0.5) is 11.5 Å². The van der Waals surface area contributed by atoms with E-state index in [1.807, 2.05) is 24.3 Å². The Balaban J connectivity index is 1.44. The van der Waals surface area contributed by atoms with E-state index in [0.29, 0.717) is 36.1 Å². The number of rotatable bonds is 7. The molecular weight excluding hydrogens is 476 g/mol. The molecule has 2 atom stereocenters. The number of anilines is 2. The molecule has 1 unspecified atom stereocenters. The van der Waals surface area contributed by atoms with Crippen LogP contribution < -0.4 is 10.6 Å². The number of sulfonamides is 1. The van der Waals surface area contributed by atoms with Crippen molar-refractivity contribution in [3.63, 3.8) is 0 Å². The van der Waals surface area contributed by atoms with Gasteiger partial charge in [0, 0.05) is 43.7 Å². The van der Waals surface area contributed by atoms with E-state index in [1.165, 1.54) is 16.8 Å². The van der Waals surface area contributed by atoms with Crippen LogP contribution in [-0.2, 0) is 19.6 Å². The van der Waals surface area contributed by atoms with Gasteiger partial charge in [-0.25, -0.2) is 17.7 Å². The average Bonchev–Trinajstić information content (AvgIpc) is 2.84. The molecule has 0 saturated carbocycles. The predicted octanol–water partition coefficient (Wildman–Crippen LogP) is 3.85. The van der Waals surface area contributed by atoms with Crippen molar-refractivity contribution in [1.82, 2.24) is 9.29 Å². The highest BCUT2D eigenvalue weighted by molar-refractivity contribution is 7.88. The summed E-state index contributed by atoms with van der Waals surface area (Å²) in [6.45, 7) is 3.12. The lowest BCUT2D eigenvalue weighted by molar-refractivity contribution is -0.120. The largest absolute Gasteiger partial charge is 0.385 e. The smallest absolute Gasteiger partial charge is 0.229 e. The van der Waals surface area contributed by atoms with Crippen LogP contribution in [0.3, 0.4) is 0 Å². The number of halogens is 1. The van der Waals surface area contributed by atoms with Gasteiger partial charge in [0.05, 0.1) is 23.8 Å². The second kappa shape index (κ2) is 11.0. The lowest BCUT2D eigenvalue weighted by atomic mass is 9.99. The van der Waals surface area contributed by atoms with Crippen molar-refractivity contribution in [3.05, 3.63) is 41.6 Å². The summed E-state index contributed by atoms with van der Waals surface area (Å²) in [4.78, 5) is 17.1. The number of nitrogens with one attached hydrogen (secondary N) is 2. The van der Waals surface area contributed by atoms with Crippen LogP contribution in [0.2, 0.25) is 5.02 Å². The average molecular weight is 507 g/mol. The van der Waals surface area contributed by atoms with Crippen LogP contribution in [0.25, 0.3) is 11.1 Å². The summed E-state index contributed by atoms with van der Waals surface area (Å²) in [5.41, 5.74) is 2.66. The van der Waals surface area contributed by atoms with E-state index in [9.17, 15) is 13.2 Å². The summed E-state index contributed by atoms with van der Waals surface area (Å²) >= 11 is 6.45. The molecule has 2 aliphatic heterocycles. The molecule has 2 N–H and O–H groups in total. The molecule has 0 aliphatic carbocycles. The summed E-state index contributed by atoms with van der Waals surface area (Å²) < 4.78 is 30.7. The number of ether oxygens (including phenoxy) is 1. The lowest BCUT2D eigenvalue weighted by Gasteiger charge is -2.30. The number of amides is 1. The maximum Gasteiger partial charge on any atom is 0.229 e. The zero-order valence-electron chi connectivity index (χ0n) is 19.3. The number of hydrogen-bond donors (Lipinski definition) is 2. The summed E-state index contributed by atoms with van der Waals surface area (Å²) in [5.74, 6) is 0.237. The molecule has 10 heteroatoms. The molecule has 0 bridgehead atoms. The Bertz CT molecular complexity index is 1120. The molecule has 0 spiro atoms. The van der Waals surface area contributed by atoms with Gasteiger partial charge in [0.2, 0.25) is 15.9 Å². The monoisotopic (exact) mass is 506 g/mol. The Hall–Kier alpha value is -2.20. The first-order valence-electron chi connectivity index (χ1n) is 11.6. The zero-order chi connectivity index (χ0) is 24.1. The van der Waals surface area contributed by atoms with Gasteiger partial charge in [0.1, 0.15) is 5.82 Å². The van der Waals surface area contributed by atoms with E-state index in [0.717, 1.165) is 49.4 Å². The van der Waals surface area contributed by atoms with Gasteiger partial charge in [-0.3, -0.25) is 4.79 Å². The minimum Gasteiger partial charge on any atom is -0.385 e. The van der Waals surface area contributed by atoms with Crippen molar-refractivity contribution in [3.8, 4) is 11.1 Å². The number of benzene rings is 1. The molecule has 2 fully saturated rings. The van der Waals surface area contributed by atoms with Crippen LogP contribution in [-0.4, -0.2) is 62.7 Å². The molecule has 2 saturated heterocycles. The third-order valence-corrected chi connectivity index (χ3v) is 7.92. The molecule has 34 heavy (non-hydrogen) atoms. The number of carbonyl (C=O) groups excluding carboxylic acids is 1. The molecule has 2 aromatic rings. The highest BCUT2D eigenvalue weighted by Gasteiger charge is 2.30. The van der Waals surface area contributed by atoms with E-state index in [2.05, 4.69) is 15.6 Å². The van der Waals surface area contributed by atoms with Gasteiger partial charge in [0.15, 0.2) is 0 Å². The van der Waals surface area contributed by atoms with Crippen molar-refractivity contribution in [2.24, 2.45) is 11.8 Å². The van der Waals surface area contributed by atoms with Gasteiger partial charge in [-0.1, -0.05) is 23.7 Å². The number of hydrogen-bond acceptors (Lipinski definition) is 6. The summed E-state index contributed by atoms with van der Waals surface area (Å²) in [5, 5.41) is 6.82. The first kappa shape index (κ1) is 24.9. The van der Waals surface area contributed by atoms with Crippen molar-refractivity contribution in [2.75, 3.05) is 49.7 Å². The molecule has 1 aromatic carbocycles. The van der Waals surface area contributed by atoms with Crippen molar-refractivity contribution in [2.45, 2.75) is 25.7 Å². The molecule has 184 valence electrons. The Kier molecular flexibility index (Phi) is 8.08. The standard InChI is InChI=1S/C24H31ClN4O4S/c1-34(31,32)29-9-3-7-19(15-29)24(30)28-23-12-21(22(25)14-27-23)18-6-2-8-20(11-18)26-13-17-5-4-10-33-16-17/h2,6,8,11-12,14,17,19,26H,3-5,7,9-10,13,15-16H2,1H3,(H,27,28,30)/t17?,19-/m0/s1. The molecule has 3 heterocycles. The SMILES string of the molecule is CS(=O)(=O)N1CCC[C@H](C(=O)Nc2cc(-c3cccc(NCC4CCCOC4)c3)c(Cl)cn2)C1. The van der Waals surface area contributed by atoms with Gasteiger partial charge in [-0.2, -0.15) is 0 Å². The molecular formula is C24H31ClN4O4S. The molecule has 1 aromatic heterocycles. The fourth-order valence-corrected chi connectivity index (χ4v) is 5.57. The van der Waals surface area contributed by atoms with Gasteiger partial charge in [-0.15, -0.1) is 0 Å². The van der Waals surface area contributed by atoms with Crippen LogP contribution >= 0.6 is 11.6 Å². The molecule has 0 radical (unpaired) electrons. The Morgan fingerprint density at radius 3 is 2.88 bits per heavy atom. The minimum absolute atomic E-state index is 0.185. The van der Waals surface area contributed by atoms with Crippen LogP contribution in [0, 0.1) is 11.8 Å². The van der Waals surface area contributed by atoms with Crippen molar-refractivity contribution in [1.29, 1.82) is 0 Å². The maximum absolute atomic E-state index is 12.8. The third-order valence-electron chi connectivity index (χ3n) is 6.35. The Labute approximate surface area is 206 Å². The highest BCUT2D eigenvalue weighted by Crippen LogP contribution is 2.31. The fraction of sp³-hybridized carbons (Fsp3) is 0.500. The van der Waals surface area contributed by atoms with Crippen molar-refractivity contribution < 1.29 is 17.9 Å². The Morgan fingerprint density at radius 2 is 2.12 bits per heavy atom. The first-order chi connectivity index (χ1) is 16.3. The summed E-state index contributed by atoms with van der Waals surface area (Å²) in [6, 6.07) is 9.73. The molecule has 2 aliphatic rings. The number of pyridine rings is 1. The number of nitrogens with zero attached hydrogens (tertiary/aromatic N) is 2. The second-order valence-corrected chi connectivity index (χ2v) is 11.4. The topological polar surface area (TPSA) is 101 Å². The summed E-state index contributed by atoms with van der Waals surface area (Å²) in [7, 11) is -3.32. The summed E-state index contributed by atoms with van der Waals surface area (Å²) in [6.07, 6.45) is 6.24. The van der Waals surface area contributed by atoms with Crippen LogP contribution in [0.1, 0.15) is 25.7 Å². The molecule has 4 rings (SSSR count). The zero-order valence-corrected chi connectivity index (χ0v) is 20.9. The third kappa shape index (κ3) is 6.47. The van der Waals surface area contributed by atoms with Crippen LogP contribution in [0.15, 0.2) is 36.5 Å². The molecule has 1 amide bonds. The number of carbonyl (C=O) groups is 1. The lowest BCUT2D eigenvalue weighted by Crippen LogP contribution is -2.43. The predicted molar refractivity (Wildman–Crippen MR) is 134 cm³/mol. The molecule has 8 nitrogen and oxygen atoms in total. The van der Waals surface area contributed by atoms with Gasteiger partial charge in [-0.05, 0) is 55.4 Å². The maximum atomic E-state index is 12.8. The van der Waals surface area contributed by atoms with E-state index in [4.69, 9.17) is 16.3 Å². The van der Waals surface area contributed by atoms with E-state index in [-0.39, 0.29) is 12.5 Å². The van der Waals surface area contributed by atoms with Crippen LogP contribution in [0.5, 0.6) is 0 Å². The number of aromatic nitrogens is 1. The second-order valence-electron chi connectivity index (χ2n) is 9.04. The Morgan fingerprint density at radius 1 is 1.26 bits per heavy atom. The quantitative estimate of drug-likeness (QED) is 0.591. The van der Waals surface area contributed by atoms with E-state index < -0.39 is 15.9 Å². The van der Waals surface area contributed by atoms with Gasteiger partial charge >= 0.3 is 0 Å². The first-order valence-corrected chi connectivity index (χ1v) is 13.9. The van der Waals surface area contributed by atoms with Gasteiger partial charge in [0.25, 0.3) is 0 Å². The minimum atomic E-state index is -3.32. The van der Waals surface area contributed by atoms with Crippen molar-refractivity contribution >= 4 is 39.0 Å². The van der Waals surface area contributed by atoms with E-state index in [1.54, 1.807) is 6.07 Å².